The quantitative estimate of drug-likeness (QED) is 0.0564. The maximum atomic E-state index is 14.5. The molecule has 3 aromatic carbocycles. The van der Waals surface area contributed by atoms with E-state index in [9.17, 15) is 43.5 Å². The van der Waals surface area contributed by atoms with Crippen molar-refractivity contribution < 1.29 is 43.5 Å². The molecule has 2 fully saturated rings. The van der Waals surface area contributed by atoms with Crippen molar-refractivity contribution in [1.29, 1.82) is 0 Å². The molecule has 64 heavy (non-hydrogen) atoms. The summed E-state index contributed by atoms with van der Waals surface area (Å²) in [5.41, 5.74) is 14.9. The van der Waals surface area contributed by atoms with Gasteiger partial charge in [0, 0.05) is 66.4 Å². The van der Waals surface area contributed by atoms with E-state index in [0.717, 1.165) is 27.4 Å². The van der Waals surface area contributed by atoms with Crippen LogP contribution in [0.25, 0.3) is 21.8 Å². The van der Waals surface area contributed by atoms with Gasteiger partial charge in [0.15, 0.2) is 0 Å². The maximum absolute atomic E-state index is 14.5. The number of carbonyl (C=O) groups excluding carboxylic acids is 8. The van der Waals surface area contributed by atoms with Crippen LogP contribution in [0, 0.1) is 0 Å². The van der Waals surface area contributed by atoms with Gasteiger partial charge in [0.25, 0.3) is 0 Å². The number of para-hydroxylation sites is 2. The minimum atomic E-state index is -1.43. The first-order valence-corrected chi connectivity index (χ1v) is 21.0. The number of amides is 8. The summed E-state index contributed by atoms with van der Waals surface area (Å²) in [4.78, 5) is 114. The number of rotatable bonds is 18. The van der Waals surface area contributed by atoms with Gasteiger partial charge in [0.2, 0.25) is 47.3 Å². The van der Waals surface area contributed by atoms with E-state index in [2.05, 4.69) is 36.6 Å². The van der Waals surface area contributed by atoms with Gasteiger partial charge >= 0.3 is 0 Å². The fraction of sp³-hybridized carbons (Fsp3) is 0.333. The molecular formula is C45H50N10O9. The average Bonchev–Trinajstić information content (AvgIpc) is 4.10. The molecule has 19 nitrogen and oxygen atoms in total. The van der Waals surface area contributed by atoms with Crippen LogP contribution >= 0.6 is 0 Å². The van der Waals surface area contributed by atoms with Gasteiger partial charge in [-0.3, -0.25) is 38.4 Å². The molecule has 12 N–H and O–H groups in total. The van der Waals surface area contributed by atoms with Crippen LogP contribution in [0.1, 0.15) is 48.8 Å². The number of primary amides is 2. The van der Waals surface area contributed by atoms with Crippen molar-refractivity contribution in [2.24, 2.45) is 11.5 Å². The Morgan fingerprint density at radius 1 is 0.688 bits per heavy atom. The number of benzene rings is 3. The number of likely N-dealkylation sites (tertiary alicyclic amines) is 1. The summed E-state index contributed by atoms with van der Waals surface area (Å²) in [7, 11) is 0. The van der Waals surface area contributed by atoms with Crippen LogP contribution in [0.3, 0.4) is 0 Å². The van der Waals surface area contributed by atoms with Gasteiger partial charge < -0.3 is 58.0 Å². The average molecular weight is 875 g/mol. The lowest BCUT2D eigenvalue weighted by atomic mass is 10.00. The third kappa shape index (κ3) is 10.5. The highest BCUT2D eigenvalue weighted by Crippen LogP contribution is 2.23. The topological polar surface area (TPSA) is 304 Å². The first-order valence-electron chi connectivity index (χ1n) is 21.0. The number of nitrogens with one attached hydrogen (secondary N) is 7. The van der Waals surface area contributed by atoms with Crippen LogP contribution in [-0.2, 0) is 57.6 Å². The Bertz CT molecular complexity index is 2590. The summed E-state index contributed by atoms with van der Waals surface area (Å²) in [6.45, 7) is 0.0868. The lowest BCUT2D eigenvalue weighted by Crippen LogP contribution is -2.60. The standard InChI is InChI=1S/C45H50N10O9/c46-38(57)21-36(54-41(60)32-15-16-39(58)50-32)45(64)55-17-5-10-37(55)44(63)53-34(18-24-11-13-27(56)14-12-24)42(61)52-35(20-26-23-49-31-9-4-2-7-29(26)31)43(62)51-33(40(47)59)19-25-22-48-30-8-3-1-6-28(25)30/h1-4,6-9,11-14,22-23,32-37,48-49,56H,5,10,15-21H2,(H2,46,57)(H2,47,59)(H,50,58)(H,51,62)(H,52,61)(H,53,63)(H,54,60)/t32-,33+,34+,35+,36-,37-/m0/s1. The number of hydrogen-bond donors (Lipinski definition) is 10. The van der Waals surface area contributed by atoms with Crippen molar-refractivity contribution in [3.05, 3.63) is 102 Å². The van der Waals surface area contributed by atoms with Crippen molar-refractivity contribution in [2.45, 2.75) is 87.6 Å². The number of H-pyrrole nitrogens is 2. The van der Waals surface area contributed by atoms with E-state index in [-0.39, 0.29) is 56.7 Å². The highest BCUT2D eigenvalue weighted by atomic mass is 16.3. The number of phenols is 1. The molecule has 2 aromatic heterocycles. The zero-order chi connectivity index (χ0) is 45.5. The maximum Gasteiger partial charge on any atom is 0.246 e. The van der Waals surface area contributed by atoms with Crippen molar-refractivity contribution in [1.82, 2.24) is 41.5 Å². The Labute approximate surface area is 366 Å². The Morgan fingerprint density at radius 2 is 1.25 bits per heavy atom. The van der Waals surface area contributed by atoms with Gasteiger partial charge in [-0.05, 0) is 60.2 Å². The van der Waals surface area contributed by atoms with Crippen LogP contribution in [0.5, 0.6) is 5.75 Å². The van der Waals surface area contributed by atoms with Gasteiger partial charge in [-0.1, -0.05) is 48.5 Å². The number of fused-ring (bicyclic) bond motifs is 2. The number of hydrogen-bond acceptors (Lipinski definition) is 9. The number of nitrogens with zero attached hydrogens (tertiary/aromatic N) is 1. The van der Waals surface area contributed by atoms with Crippen LogP contribution in [0.2, 0.25) is 0 Å². The van der Waals surface area contributed by atoms with Crippen molar-refractivity contribution >= 4 is 69.1 Å². The molecule has 4 heterocycles. The molecule has 0 radical (unpaired) electrons. The van der Waals surface area contributed by atoms with E-state index in [0.29, 0.717) is 17.5 Å². The summed E-state index contributed by atoms with van der Waals surface area (Å²) in [6.07, 6.45) is 3.65. The van der Waals surface area contributed by atoms with Crippen LogP contribution in [-0.4, -0.2) is 110 Å². The van der Waals surface area contributed by atoms with Gasteiger partial charge in [0.1, 0.15) is 42.0 Å². The highest BCUT2D eigenvalue weighted by molar-refractivity contribution is 5.99. The molecule has 7 rings (SSSR count). The molecule has 8 amide bonds. The minimum Gasteiger partial charge on any atom is -0.508 e. The normalized spacial score (nSPS) is 17.8. The fourth-order valence-electron chi connectivity index (χ4n) is 8.35. The molecule has 5 aromatic rings. The summed E-state index contributed by atoms with van der Waals surface area (Å²) in [5, 5.41) is 25.0. The van der Waals surface area contributed by atoms with Crippen LogP contribution in [0.4, 0.5) is 0 Å². The summed E-state index contributed by atoms with van der Waals surface area (Å²) < 4.78 is 0. The van der Waals surface area contributed by atoms with Crippen LogP contribution < -0.4 is 38.1 Å². The third-order valence-corrected chi connectivity index (χ3v) is 11.7. The number of carbonyl (C=O) groups is 8. The number of aromatic hydroxyl groups is 1. The molecular weight excluding hydrogens is 825 g/mol. The Balaban J connectivity index is 1.13. The smallest absolute Gasteiger partial charge is 0.246 e. The van der Waals surface area contributed by atoms with Gasteiger partial charge in [-0.15, -0.1) is 0 Å². The van der Waals surface area contributed by atoms with Crippen molar-refractivity contribution in [3.63, 3.8) is 0 Å². The van der Waals surface area contributed by atoms with E-state index in [1.54, 1.807) is 24.5 Å². The molecule has 334 valence electrons. The minimum absolute atomic E-state index is 0.0334. The highest BCUT2D eigenvalue weighted by Gasteiger charge is 2.41. The predicted octanol–water partition coefficient (Wildman–Crippen LogP) is -0.0478. The molecule has 0 saturated carbocycles. The molecule has 0 bridgehead atoms. The lowest BCUT2D eigenvalue weighted by molar-refractivity contribution is -0.143. The molecule has 0 spiro atoms. The van der Waals surface area contributed by atoms with Crippen molar-refractivity contribution in [2.75, 3.05) is 6.54 Å². The van der Waals surface area contributed by atoms with Gasteiger partial charge in [0.05, 0.1) is 6.42 Å². The second-order valence-electron chi connectivity index (χ2n) is 16.2. The molecule has 2 aliphatic heterocycles. The van der Waals surface area contributed by atoms with E-state index in [1.165, 1.54) is 17.0 Å². The SMILES string of the molecule is NC(=O)C[C@H](NC(=O)[C@@H]1CCC(=O)N1)C(=O)N1CCC[C@H]1C(=O)N[C@H](Cc1ccc(O)cc1)C(=O)N[C@H](Cc1c[nH]c2ccccc12)C(=O)N[C@H](Cc1c[nH]c2ccccc12)C(N)=O. The first kappa shape index (κ1) is 44.4. The number of nitrogens with two attached hydrogens (primary N) is 2. The monoisotopic (exact) mass is 874 g/mol. The zero-order valence-electron chi connectivity index (χ0n) is 34.7. The molecule has 0 aliphatic carbocycles. The van der Waals surface area contributed by atoms with Crippen molar-refractivity contribution in [3.8, 4) is 5.75 Å². The summed E-state index contributed by atoms with van der Waals surface area (Å²) in [5.74, 6) is -5.69. The number of phenolic OH excluding ortho intramolecular Hbond substituents is 1. The Kier molecular flexibility index (Phi) is 13.6. The fourth-order valence-corrected chi connectivity index (χ4v) is 8.35. The second-order valence-corrected chi connectivity index (χ2v) is 16.2. The summed E-state index contributed by atoms with van der Waals surface area (Å²) in [6, 6.07) is 13.5. The lowest BCUT2D eigenvalue weighted by Gasteiger charge is -2.30. The van der Waals surface area contributed by atoms with E-state index < -0.39 is 84.0 Å². The van der Waals surface area contributed by atoms with Gasteiger partial charge in [-0.2, -0.15) is 0 Å². The number of aromatic amines is 2. The summed E-state index contributed by atoms with van der Waals surface area (Å²) >= 11 is 0. The van der Waals surface area contributed by atoms with E-state index in [1.807, 2.05) is 48.5 Å². The van der Waals surface area contributed by atoms with E-state index >= 15 is 0 Å². The first-order chi connectivity index (χ1) is 30.7. The molecule has 2 aliphatic rings. The molecule has 0 unspecified atom stereocenters. The second kappa shape index (κ2) is 19.6. The third-order valence-electron chi connectivity index (χ3n) is 11.7. The molecule has 6 atom stereocenters. The zero-order valence-corrected chi connectivity index (χ0v) is 34.7. The number of aromatic nitrogens is 2. The van der Waals surface area contributed by atoms with Gasteiger partial charge in [-0.25, -0.2) is 0 Å². The molecule has 19 heteroatoms. The Morgan fingerprint density at radius 3 is 1.83 bits per heavy atom. The molecule has 2 saturated heterocycles. The largest absolute Gasteiger partial charge is 0.508 e. The predicted molar refractivity (Wildman–Crippen MR) is 232 cm³/mol. The van der Waals surface area contributed by atoms with Crippen LogP contribution in [0.15, 0.2) is 85.2 Å². The Hall–Kier alpha value is -7.70. The van der Waals surface area contributed by atoms with E-state index in [4.69, 9.17) is 11.5 Å².